The molecule has 0 radical (unpaired) electrons. The summed E-state index contributed by atoms with van der Waals surface area (Å²) in [5.74, 6) is -0.734. The highest BCUT2D eigenvalue weighted by Gasteiger charge is 2.27. The molecule has 1 aliphatic rings. The lowest BCUT2D eigenvalue weighted by atomic mass is 9.98. The van der Waals surface area contributed by atoms with Gasteiger partial charge in [0.05, 0.1) is 17.4 Å². The molecule has 0 aliphatic carbocycles. The van der Waals surface area contributed by atoms with E-state index in [4.69, 9.17) is 0 Å². The van der Waals surface area contributed by atoms with E-state index in [1.54, 1.807) is 11.8 Å². The number of aliphatic hydroxyl groups is 1. The minimum atomic E-state index is -0.713. The number of carbonyl (C=O) groups excluding carboxylic acids is 1. The first-order valence-electron chi connectivity index (χ1n) is 6.10. The van der Waals surface area contributed by atoms with Crippen LogP contribution in [0.4, 0.5) is 4.39 Å². The van der Waals surface area contributed by atoms with E-state index in [2.05, 4.69) is 4.98 Å². The largest absolute Gasteiger partial charge is 0.390 e. The van der Waals surface area contributed by atoms with Gasteiger partial charge in [0, 0.05) is 19.3 Å². The number of amides is 1. The lowest BCUT2D eigenvalue weighted by molar-refractivity contribution is 0.0438. The van der Waals surface area contributed by atoms with E-state index in [1.165, 1.54) is 12.3 Å². The number of likely N-dealkylation sites (tertiary alicyclic amines) is 1. The molecule has 1 amide bonds. The minimum absolute atomic E-state index is 0.222. The third-order valence-corrected chi connectivity index (χ3v) is 3.30. The average Bonchev–Trinajstić information content (AvgIpc) is 2.49. The van der Waals surface area contributed by atoms with E-state index < -0.39 is 11.4 Å². The van der Waals surface area contributed by atoms with Crippen LogP contribution in [0.2, 0.25) is 0 Å². The lowest BCUT2D eigenvalue weighted by Gasteiger charge is -2.22. The summed E-state index contributed by atoms with van der Waals surface area (Å²) in [4.78, 5) is 17.5. The van der Waals surface area contributed by atoms with Crippen molar-refractivity contribution in [3.05, 3.63) is 29.8 Å². The van der Waals surface area contributed by atoms with Crippen LogP contribution in [0, 0.1) is 5.82 Å². The van der Waals surface area contributed by atoms with Crippen LogP contribution < -0.4 is 0 Å². The van der Waals surface area contributed by atoms with Crippen LogP contribution in [0.1, 0.15) is 36.5 Å². The maximum atomic E-state index is 13.0. The Morgan fingerprint density at radius 1 is 1.44 bits per heavy atom. The molecular weight excluding hydrogens is 235 g/mol. The summed E-state index contributed by atoms with van der Waals surface area (Å²) in [6, 6.07) is 1.19. The third-order valence-electron chi connectivity index (χ3n) is 3.30. The molecule has 0 aromatic carbocycles. The highest BCUT2D eigenvalue weighted by atomic mass is 19.1. The lowest BCUT2D eigenvalue weighted by Crippen LogP contribution is -2.33. The van der Waals surface area contributed by atoms with Crippen molar-refractivity contribution in [1.82, 2.24) is 9.88 Å². The molecule has 1 aliphatic heterocycles. The van der Waals surface area contributed by atoms with Gasteiger partial charge in [-0.3, -0.25) is 9.78 Å². The summed E-state index contributed by atoms with van der Waals surface area (Å²) >= 11 is 0. The van der Waals surface area contributed by atoms with Crippen LogP contribution in [0.5, 0.6) is 0 Å². The first kappa shape index (κ1) is 13.0. The van der Waals surface area contributed by atoms with Gasteiger partial charge in [0.1, 0.15) is 5.82 Å². The van der Waals surface area contributed by atoms with Crippen molar-refractivity contribution in [3.8, 4) is 0 Å². The van der Waals surface area contributed by atoms with E-state index >= 15 is 0 Å². The van der Waals surface area contributed by atoms with E-state index in [-0.39, 0.29) is 11.5 Å². The molecule has 0 saturated carbocycles. The SMILES string of the molecule is CC1(O)CCCN(C(=O)c2cncc(F)c2)CC1. The molecule has 0 spiro atoms. The smallest absolute Gasteiger partial charge is 0.255 e. The molecule has 2 rings (SSSR count). The van der Waals surface area contributed by atoms with Gasteiger partial charge in [-0.25, -0.2) is 4.39 Å². The van der Waals surface area contributed by atoms with Crippen molar-refractivity contribution in [1.29, 1.82) is 0 Å². The van der Waals surface area contributed by atoms with Gasteiger partial charge in [-0.1, -0.05) is 0 Å². The van der Waals surface area contributed by atoms with Crippen molar-refractivity contribution in [2.75, 3.05) is 13.1 Å². The quantitative estimate of drug-likeness (QED) is 0.826. The van der Waals surface area contributed by atoms with Crippen molar-refractivity contribution in [2.24, 2.45) is 0 Å². The van der Waals surface area contributed by atoms with Crippen LogP contribution in [0.25, 0.3) is 0 Å². The average molecular weight is 252 g/mol. The monoisotopic (exact) mass is 252 g/mol. The summed E-state index contributed by atoms with van der Waals surface area (Å²) < 4.78 is 13.0. The van der Waals surface area contributed by atoms with Crippen LogP contribution >= 0.6 is 0 Å². The fraction of sp³-hybridized carbons (Fsp3) is 0.538. The van der Waals surface area contributed by atoms with Crippen molar-refractivity contribution in [2.45, 2.75) is 31.8 Å². The first-order valence-corrected chi connectivity index (χ1v) is 6.10. The summed E-state index contributed by atoms with van der Waals surface area (Å²) in [6.07, 6.45) is 4.42. The molecule has 1 aromatic heterocycles. The number of nitrogens with zero attached hydrogens (tertiary/aromatic N) is 2. The van der Waals surface area contributed by atoms with Crippen molar-refractivity contribution in [3.63, 3.8) is 0 Å². The molecule has 4 nitrogen and oxygen atoms in total. The summed E-state index contributed by atoms with van der Waals surface area (Å²) in [5, 5.41) is 9.96. The Bertz CT molecular complexity index is 448. The van der Waals surface area contributed by atoms with E-state index in [1.807, 2.05) is 0 Å². The molecule has 5 heteroatoms. The van der Waals surface area contributed by atoms with Gasteiger partial charge in [-0.05, 0) is 32.3 Å². The Hall–Kier alpha value is -1.49. The maximum absolute atomic E-state index is 13.0. The fourth-order valence-electron chi connectivity index (χ4n) is 2.18. The van der Waals surface area contributed by atoms with Gasteiger partial charge in [-0.15, -0.1) is 0 Å². The summed E-state index contributed by atoms with van der Waals surface area (Å²) in [6.45, 7) is 2.86. The second-order valence-corrected chi connectivity index (χ2v) is 5.03. The second kappa shape index (κ2) is 5.02. The number of pyridine rings is 1. The molecule has 2 heterocycles. The van der Waals surface area contributed by atoms with E-state index in [9.17, 15) is 14.3 Å². The first-order chi connectivity index (χ1) is 8.48. The van der Waals surface area contributed by atoms with Crippen molar-refractivity contribution < 1.29 is 14.3 Å². The Kier molecular flexibility index (Phi) is 3.61. The predicted octanol–water partition coefficient (Wildman–Crippen LogP) is 1.60. The van der Waals surface area contributed by atoms with Gasteiger partial charge in [0.25, 0.3) is 5.91 Å². The predicted molar refractivity (Wildman–Crippen MR) is 64.6 cm³/mol. The second-order valence-electron chi connectivity index (χ2n) is 5.03. The molecule has 0 bridgehead atoms. The zero-order valence-corrected chi connectivity index (χ0v) is 10.4. The van der Waals surface area contributed by atoms with Crippen LogP contribution in [0.15, 0.2) is 18.5 Å². The van der Waals surface area contributed by atoms with Crippen molar-refractivity contribution >= 4 is 5.91 Å². The normalized spacial score (nSPS) is 24.7. The molecule has 1 saturated heterocycles. The van der Waals surface area contributed by atoms with Crippen LogP contribution in [0.3, 0.4) is 0 Å². The third kappa shape index (κ3) is 3.04. The Morgan fingerprint density at radius 3 is 2.94 bits per heavy atom. The van der Waals surface area contributed by atoms with E-state index in [0.717, 1.165) is 12.6 Å². The summed E-state index contributed by atoms with van der Waals surface area (Å²) in [7, 11) is 0. The Balaban J connectivity index is 2.10. The van der Waals surface area contributed by atoms with Crippen LogP contribution in [-0.4, -0.2) is 39.6 Å². The standard InChI is InChI=1S/C13H17FN2O2/c1-13(18)3-2-5-16(6-4-13)12(17)10-7-11(14)9-15-8-10/h7-9,18H,2-6H2,1H3. The molecule has 1 atom stereocenters. The minimum Gasteiger partial charge on any atom is -0.390 e. The topological polar surface area (TPSA) is 53.4 Å². The molecule has 1 fully saturated rings. The number of hydrogen-bond acceptors (Lipinski definition) is 3. The molecule has 18 heavy (non-hydrogen) atoms. The number of aromatic nitrogens is 1. The van der Waals surface area contributed by atoms with Crippen LogP contribution in [-0.2, 0) is 0 Å². The number of carbonyl (C=O) groups is 1. The zero-order chi connectivity index (χ0) is 13.2. The van der Waals surface area contributed by atoms with Gasteiger partial charge in [0.15, 0.2) is 0 Å². The number of rotatable bonds is 1. The van der Waals surface area contributed by atoms with Gasteiger partial charge >= 0.3 is 0 Å². The maximum Gasteiger partial charge on any atom is 0.255 e. The van der Waals surface area contributed by atoms with E-state index in [0.29, 0.717) is 25.9 Å². The molecule has 1 N–H and O–H groups in total. The molecular formula is C13H17FN2O2. The number of hydrogen-bond donors (Lipinski definition) is 1. The molecule has 98 valence electrons. The van der Waals surface area contributed by atoms with Gasteiger partial charge in [0.2, 0.25) is 0 Å². The molecule has 1 unspecified atom stereocenters. The van der Waals surface area contributed by atoms with Gasteiger partial charge < -0.3 is 10.0 Å². The Labute approximate surface area is 105 Å². The highest BCUT2D eigenvalue weighted by Crippen LogP contribution is 2.22. The highest BCUT2D eigenvalue weighted by molar-refractivity contribution is 5.93. The fourth-order valence-corrected chi connectivity index (χ4v) is 2.18. The zero-order valence-electron chi connectivity index (χ0n) is 10.4. The summed E-state index contributed by atoms with van der Waals surface area (Å²) in [5.41, 5.74) is -0.452. The van der Waals surface area contributed by atoms with Gasteiger partial charge in [-0.2, -0.15) is 0 Å². The molecule has 1 aromatic rings. The Morgan fingerprint density at radius 2 is 2.22 bits per heavy atom. The number of halogens is 1.